The molecule has 1 aromatic carbocycles. The van der Waals surface area contributed by atoms with Crippen LogP contribution >= 0.6 is 46.1 Å². The van der Waals surface area contributed by atoms with Crippen molar-refractivity contribution in [2.45, 2.75) is 39.8 Å². The van der Waals surface area contributed by atoms with E-state index >= 15 is 0 Å². The second kappa shape index (κ2) is 8.02. The first-order valence-electron chi connectivity index (χ1n) is 7.34. The molecule has 2 aromatic rings. The number of carbonyl (C=O) groups excluding carboxylic acids is 1. The number of benzene rings is 1. The van der Waals surface area contributed by atoms with E-state index in [1.54, 1.807) is 18.3 Å². The lowest BCUT2D eigenvalue weighted by Crippen LogP contribution is -2.39. The number of halogens is 3. The van der Waals surface area contributed by atoms with Crippen LogP contribution in [0.1, 0.15) is 35.5 Å². The summed E-state index contributed by atoms with van der Waals surface area (Å²) in [4.78, 5) is 17.9. The minimum Gasteiger partial charge on any atom is -0.323 e. The summed E-state index contributed by atoms with van der Waals surface area (Å²) in [5, 5.41) is 8.07. The minimum absolute atomic E-state index is 0.0150. The molecule has 0 saturated heterocycles. The summed E-state index contributed by atoms with van der Waals surface area (Å²) in [7, 11) is 0. The van der Waals surface area contributed by atoms with Crippen molar-refractivity contribution in [1.29, 1.82) is 0 Å². The summed E-state index contributed by atoms with van der Waals surface area (Å²) in [5.41, 5.74) is 1.42. The van der Waals surface area contributed by atoms with E-state index in [9.17, 15) is 4.79 Å². The van der Waals surface area contributed by atoms with Crippen molar-refractivity contribution in [2.75, 3.05) is 5.32 Å². The van der Waals surface area contributed by atoms with Gasteiger partial charge in [-0.05, 0) is 39.8 Å². The molecule has 8 heteroatoms. The van der Waals surface area contributed by atoms with Crippen LogP contribution in [-0.4, -0.2) is 16.9 Å². The Bertz CT molecular complexity index is 763. The van der Waals surface area contributed by atoms with E-state index in [4.69, 9.17) is 34.8 Å². The van der Waals surface area contributed by atoms with Gasteiger partial charge in [0.05, 0.1) is 37.5 Å². The molecule has 0 radical (unpaired) electrons. The molecule has 1 amide bonds. The first kappa shape index (κ1) is 19.5. The molecule has 0 aliphatic rings. The zero-order valence-corrected chi connectivity index (χ0v) is 16.8. The molecular weight excluding hydrogens is 389 g/mol. The van der Waals surface area contributed by atoms with Gasteiger partial charge in [-0.15, -0.1) is 11.3 Å². The van der Waals surface area contributed by atoms with Gasteiger partial charge in [-0.1, -0.05) is 34.8 Å². The van der Waals surface area contributed by atoms with Crippen molar-refractivity contribution in [1.82, 2.24) is 10.3 Å². The lowest BCUT2D eigenvalue weighted by molar-refractivity contribution is -0.117. The number of aryl methyl sites for hydroxylation is 2. The van der Waals surface area contributed by atoms with Gasteiger partial charge in [0.2, 0.25) is 5.91 Å². The second-order valence-electron chi connectivity index (χ2n) is 5.53. The van der Waals surface area contributed by atoms with Crippen molar-refractivity contribution < 1.29 is 4.79 Å². The Morgan fingerprint density at radius 1 is 1.12 bits per heavy atom. The Morgan fingerprint density at radius 2 is 1.75 bits per heavy atom. The van der Waals surface area contributed by atoms with Crippen LogP contribution in [0.2, 0.25) is 15.1 Å². The number of rotatable bonds is 5. The lowest BCUT2D eigenvalue weighted by Gasteiger charge is -2.19. The number of carbonyl (C=O) groups is 1. The zero-order chi connectivity index (χ0) is 18.0. The van der Waals surface area contributed by atoms with Crippen LogP contribution in [0.15, 0.2) is 12.1 Å². The fourth-order valence-corrected chi connectivity index (χ4v) is 3.87. The molecule has 2 atom stereocenters. The van der Waals surface area contributed by atoms with Crippen LogP contribution in [0.5, 0.6) is 0 Å². The molecule has 0 fully saturated rings. The van der Waals surface area contributed by atoms with Gasteiger partial charge in [-0.25, -0.2) is 4.98 Å². The van der Waals surface area contributed by atoms with E-state index in [-0.39, 0.29) is 11.9 Å². The Kier molecular flexibility index (Phi) is 6.51. The maximum Gasteiger partial charge on any atom is 0.241 e. The molecule has 4 nitrogen and oxygen atoms in total. The number of aromatic nitrogens is 1. The van der Waals surface area contributed by atoms with Crippen LogP contribution in [0, 0.1) is 13.8 Å². The van der Waals surface area contributed by atoms with E-state index in [0.717, 1.165) is 15.6 Å². The predicted octanol–water partition coefficient (Wildman–Crippen LogP) is 5.40. The van der Waals surface area contributed by atoms with Crippen LogP contribution in [0.4, 0.5) is 5.69 Å². The van der Waals surface area contributed by atoms with Gasteiger partial charge >= 0.3 is 0 Å². The maximum absolute atomic E-state index is 12.4. The van der Waals surface area contributed by atoms with E-state index in [1.807, 2.05) is 20.8 Å². The fourth-order valence-electron chi connectivity index (χ4n) is 2.33. The molecule has 0 spiro atoms. The first-order valence-corrected chi connectivity index (χ1v) is 9.29. The normalized spacial score (nSPS) is 13.6. The van der Waals surface area contributed by atoms with Crippen LogP contribution in [0.3, 0.4) is 0 Å². The summed E-state index contributed by atoms with van der Waals surface area (Å²) in [5.74, 6) is -0.207. The highest BCUT2D eigenvalue weighted by Crippen LogP contribution is 2.32. The van der Waals surface area contributed by atoms with Gasteiger partial charge in [-0.3, -0.25) is 10.1 Å². The van der Waals surface area contributed by atoms with Crippen LogP contribution in [-0.2, 0) is 4.79 Å². The highest BCUT2D eigenvalue weighted by atomic mass is 35.5. The Hall–Kier alpha value is -0.850. The number of hydrogen-bond acceptors (Lipinski definition) is 4. The summed E-state index contributed by atoms with van der Waals surface area (Å²) in [6.45, 7) is 7.74. The molecule has 0 aliphatic carbocycles. The molecule has 0 aliphatic heterocycles. The van der Waals surface area contributed by atoms with Gasteiger partial charge in [0.15, 0.2) is 0 Å². The molecule has 1 heterocycles. The van der Waals surface area contributed by atoms with Gasteiger partial charge < -0.3 is 5.32 Å². The fraction of sp³-hybridized carbons (Fsp3) is 0.375. The Morgan fingerprint density at radius 3 is 2.33 bits per heavy atom. The highest BCUT2D eigenvalue weighted by molar-refractivity contribution is 7.11. The largest absolute Gasteiger partial charge is 0.323 e. The molecular formula is C16H18Cl3N3OS. The van der Waals surface area contributed by atoms with Gasteiger partial charge in [0.1, 0.15) is 0 Å². The Labute approximate surface area is 160 Å². The monoisotopic (exact) mass is 405 g/mol. The SMILES string of the molecule is Cc1nc(C)c([C@@H](C)N[C@H](C)C(=O)Nc2cc(Cl)c(Cl)cc2Cl)s1. The van der Waals surface area contributed by atoms with E-state index in [0.29, 0.717) is 20.8 Å². The van der Waals surface area contributed by atoms with Crippen molar-refractivity contribution in [2.24, 2.45) is 0 Å². The number of nitrogens with zero attached hydrogens (tertiary/aromatic N) is 1. The van der Waals surface area contributed by atoms with Gasteiger partial charge in [0.25, 0.3) is 0 Å². The average molecular weight is 407 g/mol. The summed E-state index contributed by atoms with van der Waals surface area (Å²) in [6.07, 6.45) is 0. The minimum atomic E-state index is -0.424. The average Bonchev–Trinajstić information content (AvgIpc) is 2.83. The topological polar surface area (TPSA) is 54.0 Å². The van der Waals surface area contributed by atoms with Crippen molar-refractivity contribution >= 4 is 57.7 Å². The number of thiazole rings is 1. The summed E-state index contributed by atoms with van der Waals surface area (Å²) in [6, 6.07) is 2.64. The molecule has 1 aromatic heterocycles. The molecule has 24 heavy (non-hydrogen) atoms. The summed E-state index contributed by atoms with van der Waals surface area (Å²) < 4.78 is 0. The maximum atomic E-state index is 12.4. The molecule has 0 saturated carbocycles. The quantitative estimate of drug-likeness (QED) is 0.654. The molecule has 2 rings (SSSR count). The molecule has 0 unspecified atom stereocenters. The number of nitrogens with one attached hydrogen (secondary N) is 2. The first-order chi connectivity index (χ1) is 11.2. The Balaban J connectivity index is 2.05. The smallest absolute Gasteiger partial charge is 0.241 e. The van der Waals surface area contributed by atoms with E-state index < -0.39 is 6.04 Å². The third-order valence-electron chi connectivity index (χ3n) is 3.49. The third-order valence-corrected chi connectivity index (χ3v) is 5.78. The van der Waals surface area contributed by atoms with Crippen molar-refractivity contribution in [3.05, 3.63) is 42.8 Å². The number of hydrogen-bond donors (Lipinski definition) is 2. The molecule has 130 valence electrons. The molecule has 2 N–H and O–H groups in total. The summed E-state index contributed by atoms with van der Waals surface area (Å²) >= 11 is 19.6. The number of anilines is 1. The standard InChI is InChI=1S/C16H18Cl3N3OS/c1-7(15-8(2)21-10(4)24-15)20-9(3)16(23)22-14-6-12(18)11(17)5-13(14)19/h5-7,9,20H,1-4H3,(H,22,23)/t7-,9-/m1/s1. The second-order valence-corrected chi connectivity index (χ2v) is 7.98. The van der Waals surface area contributed by atoms with E-state index in [1.165, 1.54) is 12.1 Å². The molecule has 0 bridgehead atoms. The van der Waals surface area contributed by atoms with Crippen LogP contribution < -0.4 is 10.6 Å². The van der Waals surface area contributed by atoms with E-state index in [2.05, 4.69) is 15.6 Å². The number of amides is 1. The van der Waals surface area contributed by atoms with Crippen molar-refractivity contribution in [3.63, 3.8) is 0 Å². The lowest BCUT2D eigenvalue weighted by atomic mass is 10.2. The third kappa shape index (κ3) is 4.61. The van der Waals surface area contributed by atoms with Crippen LogP contribution in [0.25, 0.3) is 0 Å². The van der Waals surface area contributed by atoms with Gasteiger partial charge in [-0.2, -0.15) is 0 Å². The zero-order valence-electron chi connectivity index (χ0n) is 13.7. The predicted molar refractivity (Wildman–Crippen MR) is 103 cm³/mol. The van der Waals surface area contributed by atoms with Gasteiger partial charge in [0, 0.05) is 10.9 Å². The highest BCUT2D eigenvalue weighted by Gasteiger charge is 2.20. The van der Waals surface area contributed by atoms with Crippen molar-refractivity contribution in [3.8, 4) is 0 Å².